The largest absolute Gasteiger partial charge is 0.411 e. The van der Waals surface area contributed by atoms with Crippen molar-refractivity contribution in [3.05, 3.63) is 71.8 Å². The standard InChI is InChI=1S/C20H21NO5/c22-21-16-11-17-18(13-24-19(25-17)15-9-5-2-6-10-15)26-20(16)23-12-14-7-3-1-4-8-14/h1-10,17-20,22H,11-13H2/b21-16+. The van der Waals surface area contributed by atoms with Crippen LogP contribution in [0.25, 0.3) is 0 Å². The average Bonchev–Trinajstić information content (AvgIpc) is 2.72. The van der Waals surface area contributed by atoms with Crippen molar-refractivity contribution in [2.75, 3.05) is 6.61 Å². The lowest BCUT2D eigenvalue weighted by molar-refractivity contribution is -0.294. The van der Waals surface area contributed by atoms with Crippen molar-refractivity contribution in [1.82, 2.24) is 0 Å². The highest BCUT2D eigenvalue weighted by Gasteiger charge is 2.42. The summed E-state index contributed by atoms with van der Waals surface area (Å²) in [5, 5.41) is 12.7. The van der Waals surface area contributed by atoms with Crippen LogP contribution < -0.4 is 0 Å². The van der Waals surface area contributed by atoms with E-state index in [4.69, 9.17) is 18.9 Å². The Labute approximate surface area is 151 Å². The Balaban J connectivity index is 1.39. The molecule has 2 aliphatic heterocycles. The molecule has 26 heavy (non-hydrogen) atoms. The third-order valence-electron chi connectivity index (χ3n) is 4.55. The molecule has 4 rings (SSSR count). The van der Waals surface area contributed by atoms with Gasteiger partial charge in [-0.3, -0.25) is 0 Å². The van der Waals surface area contributed by atoms with Crippen LogP contribution >= 0.6 is 0 Å². The Morgan fingerprint density at radius 1 is 0.962 bits per heavy atom. The van der Waals surface area contributed by atoms with E-state index in [1.165, 1.54) is 0 Å². The van der Waals surface area contributed by atoms with Crippen LogP contribution in [0.2, 0.25) is 0 Å². The lowest BCUT2D eigenvalue weighted by Crippen LogP contribution is -2.52. The van der Waals surface area contributed by atoms with Gasteiger partial charge in [0.25, 0.3) is 0 Å². The van der Waals surface area contributed by atoms with Crippen molar-refractivity contribution >= 4 is 5.71 Å². The topological polar surface area (TPSA) is 69.5 Å². The zero-order valence-corrected chi connectivity index (χ0v) is 14.2. The molecule has 0 aromatic heterocycles. The third-order valence-corrected chi connectivity index (χ3v) is 4.55. The van der Waals surface area contributed by atoms with Gasteiger partial charge in [-0.2, -0.15) is 0 Å². The molecular weight excluding hydrogens is 334 g/mol. The van der Waals surface area contributed by atoms with E-state index in [1.54, 1.807) is 0 Å². The van der Waals surface area contributed by atoms with Crippen molar-refractivity contribution in [2.45, 2.75) is 37.8 Å². The van der Waals surface area contributed by atoms with Gasteiger partial charge in [0.05, 0.1) is 19.3 Å². The van der Waals surface area contributed by atoms with Crippen LogP contribution in [0.5, 0.6) is 0 Å². The Bertz CT molecular complexity index is 736. The molecule has 2 fully saturated rings. The molecule has 0 saturated carbocycles. The molecule has 0 bridgehead atoms. The Morgan fingerprint density at radius 2 is 1.69 bits per heavy atom. The molecule has 6 heteroatoms. The fourth-order valence-electron chi connectivity index (χ4n) is 3.18. The number of oxime groups is 1. The predicted octanol–water partition coefficient (Wildman–Crippen LogP) is 3.26. The van der Waals surface area contributed by atoms with Crippen LogP contribution in [0.4, 0.5) is 0 Å². The number of hydrogen-bond acceptors (Lipinski definition) is 6. The van der Waals surface area contributed by atoms with Gasteiger partial charge in [-0.05, 0) is 5.56 Å². The van der Waals surface area contributed by atoms with Gasteiger partial charge in [-0.15, -0.1) is 0 Å². The molecule has 2 heterocycles. The van der Waals surface area contributed by atoms with Crippen LogP contribution in [-0.2, 0) is 25.6 Å². The zero-order valence-electron chi connectivity index (χ0n) is 14.2. The minimum absolute atomic E-state index is 0.239. The minimum Gasteiger partial charge on any atom is -0.411 e. The van der Waals surface area contributed by atoms with Gasteiger partial charge in [0, 0.05) is 12.0 Å². The Hall–Kier alpha value is -2.25. The summed E-state index contributed by atoms with van der Waals surface area (Å²) in [5.74, 6) is 0. The second-order valence-corrected chi connectivity index (χ2v) is 6.35. The van der Waals surface area contributed by atoms with Gasteiger partial charge in [-0.1, -0.05) is 65.8 Å². The second kappa shape index (κ2) is 7.97. The van der Waals surface area contributed by atoms with E-state index in [-0.39, 0.29) is 12.2 Å². The molecule has 4 atom stereocenters. The highest BCUT2D eigenvalue weighted by Crippen LogP contribution is 2.33. The molecule has 2 aromatic rings. The fourth-order valence-corrected chi connectivity index (χ4v) is 3.18. The van der Waals surface area contributed by atoms with Gasteiger partial charge in [-0.25, -0.2) is 0 Å². The van der Waals surface area contributed by atoms with E-state index in [1.807, 2.05) is 60.7 Å². The van der Waals surface area contributed by atoms with E-state index in [2.05, 4.69) is 5.16 Å². The normalized spacial score (nSPS) is 30.1. The summed E-state index contributed by atoms with van der Waals surface area (Å²) in [7, 11) is 0. The van der Waals surface area contributed by atoms with Crippen molar-refractivity contribution in [2.24, 2.45) is 5.16 Å². The molecule has 136 valence electrons. The average molecular weight is 355 g/mol. The van der Waals surface area contributed by atoms with E-state index in [9.17, 15) is 5.21 Å². The van der Waals surface area contributed by atoms with E-state index in [0.29, 0.717) is 25.3 Å². The summed E-state index contributed by atoms with van der Waals surface area (Å²) in [6.45, 7) is 0.768. The maximum Gasteiger partial charge on any atom is 0.201 e. The highest BCUT2D eigenvalue weighted by molar-refractivity contribution is 5.88. The molecule has 1 N–H and O–H groups in total. The van der Waals surface area contributed by atoms with Gasteiger partial charge in [0.2, 0.25) is 6.29 Å². The van der Waals surface area contributed by atoms with E-state index < -0.39 is 12.6 Å². The molecule has 2 aliphatic rings. The maximum absolute atomic E-state index is 9.37. The van der Waals surface area contributed by atoms with Crippen molar-refractivity contribution in [3.63, 3.8) is 0 Å². The lowest BCUT2D eigenvalue weighted by atomic mass is 10.0. The first-order chi connectivity index (χ1) is 12.8. The molecule has 0 aliphatic carbocycles. The molecule has 2 aromatic carbocycles. The number of fused-ring (bicyclic) bond motifs is 1. The summed E-state index contributed by atoms with van der Waals surface area (Å²) < 4.78 is 23.6. The van der Waals surface area contributed by atoms with Gasteiger partial charge >= 0.3 is 0 Å². The summed E-state index contributed by atoms with van der Waals surface area (Å²) in [5.41, 5.74) is 2.41. The summed E-state index contributed by atoms with van der Waals surface area (Å²) >= 11 is 0. The number of hydrogen-bond donors (Lipinski definition) is 1. The molecule has 4 unspecified atom stereocenters. The first-order valence-corrected chi connectivity index (χ1v) is 8.67. The summed E-state index contributed by atoms with van der Waals surface area (Å²) in [4.78, 5) is 0. The smallest absolute Gasteiger partial charge is 0.201 e. The van der Waals surface area contributed by atoms with Gasteiger partial charge < -0.3 is 24.2 Å². The van der Waals surface area contributed by atoms with Gasteiger partial charge in [0.15, 0.2) is 6.29 Å². The quantitative estimate of drug-likeness (QED) is 0.673. The second-order valence-electron chi connectivity index (χ2n) is 6.35. The number of benzene rings is 2. The fraction of sp³-hybridized carbons (Fsp3) is 0.350. The van der Waals surface area contributed by atoms with Gasteiger partial charge in [0.1, 0.15) is 11.8 Å². The first-order valence-electron chi connectivity index (χ1n) is 8.67. The first kappa shape index (κ1) is 17.2. The monoisotopic (exact) mass is 355 g/mol. The number of ether oxygens (including phenoxy) is 4. The molecular formula is C20H21NO5. The minimum atomic E-state index is -0.707. The molecule has 0 amide bonds. The summed E-state index contributed by atoms with van der Waals surface area (Å²) in [6, 6.07) is 19.5. The van der Waals surface area contributed by atoms with Crippen molar-refractivity contribution in [3.8, 4) is 0 Å². The molecule has 2 saturated heterocycles. The summed E-state index contributed by atoms with van der Waals surface area (Å²) in [6.07, 6.45) is -1.21. The van der Waals surface area contributed by atoms with E-state index >= 15 is 0 Å². The maximum atomic E-state index is 9.37. The predicted molar refractivity (Wildman–Crippen MR) is 93.7 cm³/mol. The van der Waals surface area contributed by atoms with Crippen LogP contribution in [0.15, 0.2) is 65.8 Å². The van der Waals surface area contributed by atoms with Crippen LogP contribution in [0, 0.1) is 0 Å². The van der Waals surface area contributed by atoms with Crippen LogP contribution in [0.1, 0.15) is 23.8 Å². The SMILES string of the molecule is O/N=C1\CC2OC(c3ccccc3)OCC2OC1OCc1ccccc1. The van der Waals surface area contributed by atoms with E-state index in [0.717, 1.165) is 11.1 Å². The van der Waals surface area contributed by atoms with Crippen molar-refractivity contribution in [1.29, 1.82) is 0 Å². The number of rotatable bonds is 4. The number of nitrogens with zero attached hydrogens (tertiary/aromatic N) is 1. The van der Waals surface area contributed by atoms with Crippen molar-refractivity contribution < 1.29 is 24.2 Å². The molecule has 6 nitrogen and oxygen atoms in total. The lowest BCUT2D eigenvalue weighted by Gasteiger charge is -2.41. The Morgan fingerprint density at radius 3 is 2.42 bits per heavy atom. The van der Waals surface area contributed by atoms with Crippen LogP contribution in [-0.4, -0.2) is 36.0 Å². The zero-order chi connectivity index (χ0) is 17.8. The Kier molecular flexibility index (Phi) is 5.26. The third kappa shape index (κ3) is 3.78. The van der Waals surface area contributed by atoms with Crippen LogP contribution in [0.3, 0.4) is 0 Å². The molecule has 0 radical (unpaired) electrons. The molecule has 0 spiro atoms. The highest BCUT2D eigenvalue weighted by atomic mass is 16.7.